The molecule has 1 heterocycles. The monoisotopic (exact) mass is 429 g/mol. The number of nitrogens with one attached hydrogen (secondary N) is 1. The summed E-state index contributed by atoms with van der Waals surface area (Å²) in [5.74, 6) is -3.89. The van der Waals surface area contributed by atoms with Crippen LogP contribution in [0.25, 0.3) is 11.1 Å². The molecule has 1 amide bonds. The van der Waals surface area contributed by atoms with Crippen molar-refractivity contribution in [2.24, 2.45) is 0 Å². The summed E-state index contributed by atoms with van der Waals surface area (Å²) in [4.78, 5) is 47.6. The first-order valence-electron chi connectivity index (χ1n) is 8.99. The number of thioether (sulfide) groups is 1. The summed E-state index contributed by atoms with van der Waals surface area (Å²) in [6.45, 7) is 1.31. The van der Waals surface area contributed by atoms with Crippen molar-refractivity contribution in [1.29, 1.82) is 0 Å². The van der Waals surface area contributed by atoms with E-state index in [9.17, 15) is 34.5 Å². The summed E-state index contributed by atoms with van der Waals surface area (Å²) in [5.41, 5.74) is 1.36. The van der Waals surface area contributed by atoms with Crippen molar-refractivity contribution < 1.29 is 34.5 Å². The molecule has 2 aromatic rings. The molecule has 1 saturated heterocycles. The van der Waals surface area contributed by atoms with E-state index in [1.165, 1.54) is 25.1 Å². The Labute approximate surface area is 175 Å². The highest BCUT2D eigenvalue weighted by atomic mass is 32.2. The number of phenols is 2. The number of benzene rings is 2. The minimum atomic E-state index is -1.63. The van der Waals surface area contributed by atoms with Crippen molar-refractivity contribution in [2.75, 3.05) is 5.75 Å². The highest BCUT2D eigenvalue weighted by molar-refractivity contribution is 8.04. The second-order valence-electron chi connectivity index (χ2n) is 7.01. The number of aliphatic carboxylic acids is 1. The Balaban J connectivity index is 1.76. The number of hydrogen-bond donors (Lipinski definition) is 4. The maximum Gasteiger partial charge on any atom is 0.326 e. The minimum absolute atomic E-state index is 0.0585. The molecule has 3 rings (SSSR count). The number of hydrogen-bond acceptors (Lipinski definition) is 7. The van der Waals surface area contributed by atoms with Crippen molar-refractivity contribution in [3.63, 3.8) is 0 Å². The largest absolute Gasteiger partial charge is 0.507 e. The number of ketones is 2. The van der Waals surface area contributed by atoms with E-state index in [2.05, 4.69) is 5.32 Å². The lowest BCUT2D eigenvalue weighted by Gasteiger charge is -2.22. The van der Waals surface area contributed by atoms with Gasteiger partial charge in [0.2, 0.25) is 17.5 Å². The van der Waals surface area contributed by atoms with Crippen molar-refractivity contribution in [3.05, 3.63) is 48.0 Å². The average molecular weight is 429 g/mol. The van der Waals surface area contributed by atoms with Gasteiger partial charge < -0.3 is 20.6 Å². The fourth-order valence-corrected chi connectivity index (χ4v) is 4.12. The zero-order valence-electron chi connectivity index (χ0n) is 15.9. The van der Waals surface area contributed by atoms with Crippen molar-refractivity contribution in [3.8, 4) is 22.6 Å². The third-order valence-corrected chi connectivity index (χ3v) is 6.27. The molecule has 0 saturated carbocycles. The first kappa shape index (κ1) is 21.4. The quantitative estimate of drug-likeness (QED) is 0.400. The molecular weight excluding hydrogens is 410 g/mol. The van der Waals surface area contributed by atoms with Crippen LogP contribution in [-0.4, -0.2) is 55.3 Å². The van der Waals surface area contributed by atoms with Gasteiger partial charge in [0.05, 0.1) is 11.3 Å². The van der Waals surface area contributed by atoms with Crippen LogP contribution in [0.3, 0.4) is 0 Å². The predicted molar refractivity (Wildman–Crippen MR) is 109 cm³/mol. The van der Waals surface area contributed by atoms with Crippen molar-refractivity contribution in [1.82, 2.24) is 5.32 Å². The lowest BCUT2D eigenvalue weighted by Crippen LogP contribution is -2.53. The van der Waals surface area contributed by atoms with Crippen LogP contribution in [0.5, 0.6) is 11.5 Å². The maximum atomic E-state index is 12.5. The number of rotatable bonds is 6. The van der Waals surface area contributed by atoms with Gasteiger partial charge in [0.25, 0.3) is 0 Å². The van der Waals surface area contributed by atoms with Gasteiger partial charge in [-0.05, 0) is 30.2 Å². The van der Waals surface area contributed by atoms with Crippen LogP contribution in [0.2, 0.25) is 0 Å². The van der Waals surface area contributed by atoms with Crippen molar-refractivity contribution >= 4 is 35.2 Å². The van der Waals surface area contributed by atoms with E-state index in [-0.39, 0.29) is 29.2 Å². The SMILES string of the molecule is CC1(C(=O)N[C@@H](Cc2ccc(-c3c(O)cccc3O)cc2)C(=O)O)SCC(=O)C1=O. The highest BCUT2D eigenvalue weighted by Crippen LogP contribution is 2.37. The Morgan fingerprint density at radius 2 is 1.70 bits per heavy atom. The zero-order chi connectivity index (χ0) is 22.1. The van der Waals surface area contributed by atoms with E-state index < -0.39 is 34.2 Å². The highest BCUT2D eigenvalue weighted by Gasteiger charge is 2.51. The first-order valence-corrected chi connectivity index (χ1v) is 9.97. The van der Waals surface area contributed by atoms with Crippen LogP contribution >= 0.6 is 11.8 Å². The summed E-state index contributed by atoms with van der Waals surface area (Å²) in [6, 6.07) is 9.53. The summed E-state index contributed by atoms with van der Waals surface area (Å²) in [5, 5.41) is 31.8. The zero-order valence-corrected chi connectivity index (χ0v) is 16.7. The standard InChI is InChI=1S/C21H19NO7S/c1-21(18(26)16(25)10-30-21)20(29)22-13(19(27)28)9-11-5-7-12(8-6-11)17-14(23)3-2-4-15(17)24/h2-8,13,23-24H,9-10H2,1H3,(H,22,29)(H,27,28)/t13-,21?/m0/s1. The van der Waals surface area contributed by atoms with Gasteiger partial charge in [-0.25, -0.2) is 4.79 Å². The van der Waals surface area contributed by atoms with Gasteiger partial charge in [-0.15, -0.1) is 11.8 Å². The number of carbonyl (C=O) groups excluding carboxylic acids is 3. The molecule has 1 unspecified atom stereocenters. The Kier molecular flexibility index (Phi) is 5.84. The number of carboxylic acids is 1. The van der Waals surface area contributed by atoms with E-state index in [1.54, 1.807) is 24.3 Å². The summed E-state index contributed by atoms with van der Waals surface area (Å²) >= 11 is 0.880. The molecule has 4 N–H and O–H groups in total. The third-order valence-electron chi connectivity index (χ3n) is 4.92. The smallest absolute Gasteiger partial charge is 0.326 e. The van der Waals surface area contributed by atoms with Gasteiger partial charge in [0.15, 0.2) is 4.75 Å². The molecule has 8 nitrogen and oxygen atoms in total. The molecule has 156 valence electrons. The summed E-state index contributed by atoms with van der Waals surface area (Å²) < 4.78 is -1.63. The Morgan fingerprint density at radius 3 is 2.20 bits per heavy atom. The second-order valence-corrected chi connectivity index (χ2v) is 8.40. The molecule has 2 aromatic carbocycles. The molecule has 0 spiro atoms. The van der Waals surface area contributed by atoms with Crippen LogP contribution < -0.4 is 5.32 Å². The maximum absolute atomic E-state index is 12.5. The molecule has 9 heteroatoms. The predicted octanol–water partition coefficient (Wildman–Crippen LogP) is 1.52. The van der Waals surface area contributed by atoms with E-state index in [0.717, 1.165) is 11.8 Å². The third kappa shape index (κ3) is 4.02. The normalized spacial score (nSPS) is 19.5. The Bertz CT molecular complexity index is 1010. The van der Waals surface area contributed by atoms with E-state index >= 15 is 0 Å². The fraction of sp³-hybridized carbons (Fsp3) is 0.238. The second kappa shape index (κ2) is 8.19. The Morgan fingerprint density at radius 1 is 1.10 bits per heavy atom. The molecule has 1 aliphatic rings. The molecule has 1 fully saturated rings. The molecule has 0 bridgehead atoms. The van der Waals surface area contributed by atoms with Crippen LogP contribution in [0.1, 0.15) is 12.5 Å². The average Bonchev–Trinajstić information content (AvgIpc) is 2.97. The molecule has 0 radical (unpaired) electrons. The molecule has 2 atom stereocenters. The fourth-order valence-electron chi connectivity index (χ4n) is 3.14. The van der Waals surface area contributed by atoms with Gasteiger partial charge in [0.1, 0.15) is 17.5 Å². The molecule has 30 heavy (non-hydrogen) atoms. The van der Waals surface area contributed by atoms with Gasteiger partial charge in [-0.1, -0.05) is 30.3 Å². The van der Waals surface area contributed by atoms with E-state index in [4.69, 9.17) is 0 Å². The summed E-state index contributed by atoms with van der Waals surface area (Å²) in [7, 11) is 0. The number of phenolic OH excluding ortho intramolecular Hbond substituents is 2. The number of Topliss-reactive ketones (excluding diaryl/α,β-unsaturated/α-hetero) is 2. The number of aromatic hydroxyl groups is 2. The first-order chi connectivity index (χ1) is 14.1. The number of amides is 1. The van der Waals surface area contributed by atoms with E-state index in [1.807, 2.05) is 0 Å². The van der Waals surface area contributed by atoms with Crippen LogP contribution in [0, 0.1) is 0 Å². The summed E-state index contributed by atoms with van der Waals surface area (Å²) in [6.07, 6.45) is -0.0585. The van der Waals surface area contributed by atoms with Gasteiger partial charge >= 0.3 is 5.97 Å². The van der Waals surface area contributed by atoms with E-state index in [0.29, 0.717) is 11.1 Å². The van der Waals surface area contributed by atoms with Crippen LogP contribution in [0.4, 0.5) is 0 Å². The number of carbonyl (C=O) groups is 4. The molecular formula is C21H19NO7S. The lowest BCUT2D eigenvalue weighted by atomic mass is 9.98. The van der Waals surface area contributed by atoms with Crippen LogP contribution in [-0.2, 0) is 25.6 Å². The molecule has 1 aliphatic heterocycles. The molecule has 0 aromatic heterocycles. The minimum Gasteiger partial charge on any atom is -0.507 e. The topological polar surface area (TPSA) is 141 Å². The molecule has 0 aliphatic carbocycles. The lowest BCUT2D eigenvalue weighted by molar-refractivity contribution is -0.144. The van der Waals surface area contributed by atoms with Gasteiger partial charge in [-0.2, -0.15) is 0 Å². The van der Waals surface area contributed by atoms with Gasteiger partial charge in [-0.3, -0.25) is 14.4 Å². The van der Waals surface area contributed by atoms with Crippen LogP contribution in [0.15, 0.2) is 42.5 Å². The number of carboxylic acid groups (broad SMARTS) is 1. The van der Waals surface area contributed by atoms with Gasteiger partial charge in [0, 0.05) is 6.42 Å². The Hall–Kier alpha value is -3.33. The van der Waals surface area contributed by atoms with Crippen molar-refractivity contribution in [2.45, 2.75) is 24.1 Å².